The molecule has 46 heavy (non-hydrogen) atoms. The number of piperidine rings is 1. The van der Waals surface area contributed by atoms with Gasteiger partial charge in [-0.25, -0.2) is 9.97 Å². The molecule has 0 amide bonds. The van der Waals surface area contributed by atoms with E-state index in [1.54, 1.807) is 0 Å². The third-order valence-electron chi connectivity index (χ3n) is 11.2. The van der Waals surface area contributed by atoms with E-state index in [4.69, 9.17) is 9.97 Å². The van der Waals surface area contributed by atoms with Crippen LogP contribution in [0.15, 0.2) is 30.3 Å². The number of fused-ring (bicyclic) bond motifs is 2. The molecular weight excluding hydrogens is 593 g/mol. The third kappa shape index (κ3) is 7.61. The molecule has 8 heteroatoms. The molecule has 1 aromatic carbocycles. The van der Waals surface area contributed by atoms with Gasteiger partial charge in [0.05, 0.1) is 6.10 Å². The van der Waals surface area contributed by atoms with Crippen LogP contribution in [0.5, 0.6) is 0 Å². The first-order valence-corrected chi connectivity index (χ1v) is 18.3. The number of ketones is 2. The van der Waals surface area contributed by atoms with E-state index in [1.165, 1.54) is 22.6 Å². The maximum Gasteiger partial charge on any atom is 0.192 e. The summed E-state index contributed by atoms with van der Waals surface area (Å²) in [6, 6.07) is 10.2. The van der Waals surface area contributed by atoms with Crippen LogP contribution in [0.1, 0.15) is 122 Å². The molecule has 248 valence electrons. The fraction of sp³-hybridized carbons (Fsp3) is 0.632. The average Bonchev–Trinajstić information content (AvgIpc) is 3.59. The number of carbonyl (C=O) groups excluding carboxylic acids is 2. The molecule has 3 aliphatic rings. The minimum absolute atomic E-state index is 0.0302. The zero-order valence-electron chi connectivity index (χ0n) is 28.4. The first-order valence-electron chi connectivity index (χ1n) is 17.5. The molecule has 3 atom stereocenters. The molecular formula is C38H52N4O3S. The molecule has 7 nitrogen and oxygen atoms in total. The van der Waals surface area contributed by atoms with Gasteiger partial charge in [0.1, 0.15) is 10.3 Å². The van der Waals surface area contributed by atoms with Gasteiger partial charge in [0.2, 0.25) is 0 Å². The highest BCUT2D eigenvalue weighted by Crippen LogP contribution is 2.38. The lowest BCUT2D eigenvalue weighted by Gasteiger charge is -2.34. The number of aromatic nitrogens is 2. The lowest BCUT2D eigenvalue weighted by Crippen LogP contribution is -2.38. The van der Waals surface area contributed by atoms with Crippen LogP contribution in [-0.2, 0) is 12.8 Å². The summed E-state index contributed by atoms with van der Waals surface area (Å²) in [6.07, 6.45) is 7.21. The molecule has 4 heterocycles. The van der Waals surface area contributed by atoms with Crippen molar-refractivity contribution in [1.29, 1.82) is 0 Å². The minimum atomic E-state index is -0.214. The maximum absolute atomic E-state index is 13.9. The highest BCUT2D eigenvalue weighted by Gasteiger charge is 2.35. The molecule has 0 saturated carbocycles. The molecule has 2 aliphatic heterocycles. The van der Waals surface area contributed by atoms with E-state index >= 15 is 0 Å². The van der Waals surface area contributed by atoms with Gasteiger partial charge in [-0.1, -0.05) is 50.3 Å². The number of hydrogen-bond acceptors (Lipinski definition) is 8. The molecule has 0 spiro atoms. The Labute approximate surface area is 278 Å². The second-order valence-corrected chi connectivity index (χ2v) is 16.8. The van der Waals surface area contributed by atoms with Gasteiger partial charge in [0.25, 0.3) is 0 Å². The summed E-state index contributed by atoms with van der Waals surface area (Å²) in [5, 5.41) is 14.1. The summed E-state index contributed by atoms with van der Waals surface area (Å²) in [7, 11) is 0. The van der Waals surface area contributed by atoms with Gasteiger partial charge in [0, 0.05) is 42.7 Å². The van der Waals surface area contributed by atoms with E-state index in [-0.39, 0.29) is 34.5 Å². The van der Waals surface area contributed by atoms with Crippen molar-refractivity contribution in [2.75, 3.05) is 26.2 Å². The van der Waals surface area contributed by atoms with Crippen LogP contribution in [0.25, 0.3) is 10.3 Å². The van der Waals surface area contributed by atoms with Crippen LogP contribution in [0.2, 0.25) is 0 Å². The van der Waals surface area contributed by atoms with Crippen LogP contribution in [0.4, 0.5) is 0 Å². The topological polar surface area (TPSA) is 95.4 Å². The molecule has 1 aliphatic carbocycles. The third-order valence-corrected chi connectivity index (χ3v) is 12.2. The van der Waals surface area contributed by atoms with Crippen molar-refractivity contribution in [3.8, 4) is 0 Å². The molecule has 2 saturated heterocycles. The number of carbonyl (C=O) groups is 2. The Morgan fingerprint density at radius 3 is 2.59 bits per heavy atom. The van der Waals surface area contributed by atoms with E-state index in [2.05, 4.69) is 57.0 Å². The number of nitrogens with zero attached hydrogens (tertiary/aromatic N) is 3. The summed E-state index contributed by atoms with van der Waals surface area (Å²) in [5.41, 5.74) is 5.28. The molecule has 2 fully saturated rings. The Hall–Kier alpha value is -2.52. The number of benzene rings is 1. The van der Waals surface area contributed by atoms with E-state index < -0.39 is 0 Å². The molecule has 6 rings (SSSR count). The average molecular weight is 645 g/mol. The van der Waals surface area contributed by atoms with Crippen molar-refractivity contribution in [3.05, 3.63) is 57.7 Å². The SMILES string of the molecule is CC1(C)NCCC1CC(=O)c1cccc([C@@H](CCN2CCC(O)CC2)CC(=O)c2nc3cc4c(nc3s2)CC[C@H](C(C)(C)C)C4)c1. The minimum Gasteiger partial charge on any atom is -0.393 e. The fourth-order valence-corrected chi connectivity index (χ4v) is 8.68. The normalized spacial score (nSPS) is 23.0. The second kappa shape index (κ2) is 13.5. The van der Waals surface area contributed by atoms with Gasteiger partial charge in [0.15, 0.2) is 16.6 Å². The van der Waals surface area contributed by atoms with Gasteiger partial charge in [-0.2, -0.15) is 0 Å². The Morgan fingerprint density at radius 2 is 1.87 bits per heavy atom. The van der Waals surface area contributed by atoms with Crippen LogP contribution in [0, 0.1) is 17.3 Å². The Bertz CT molecular complexity index is 1570. The lowest BCUT2D eigenvalue weighted by molar-refractivity contribution is 0.0805. The number of rotatable bonds is 10. The number of thiazole rings is 1. The van der Waals surface area contributed by atoms with Crippen LogP contribution in [-0.4, -0.2) is 69.4 Å². The highest BCUT2D eigenvalue weighted by atomic mass is 32.1. The number of likely N-dealkylation sites (tertiary alicyclic amines) is 1. The zero-order chi connectivity index (χ0) is 32.6. The Morgan fingerprint density at radius 1 is 1.09 bits per heavy atom. The smallest absolute Gasteiger partial charge is 0.192 e. The Balaban J connectivity index is 1.21. The number of hydrogen-bond donors (Lipinski definition) is 2. The first-order chi connectivity index (χ1) is 21.9. The summed E-state index contributed by atoms with van der Waals surface area (Å²) >= 11 is 1.42. The second-order valence-electron chi connectivity index (χ2n) is 15.8. The molecule has 3 aromatic rings. The highest BCUT2D eigenvalue weighted by molar-refractivity contribution is 7.19. The van der Waals surface area contributed by atoms with Crippen LogP contribution in [0.3, 0.4) is 0 Å². The number of aryl methyl sites for hydroxylation is 1. The standard InChI is InChI=1S/C38H52N4O3S/c1-37(2,3)28-9-10-31-27(20-28)21-32-35(40-31)46-36(41-32)34(45)22-25(12-16-42-17-13-30(43)14-18-42)24-7-6-8-26(19-24)33(44)23-29-11-15-39-38(29,4)5/h6-8,19,21,25,28-30,39,43H,9-18,20,22-23H2,1-5H3/t25-,28-,29?/m0/s1. The van der Waals surface area contributed by atoms with Crippen molar-refractivity contribution in [2.45, 2.75) is 110 Å². The predicted molar refractivity (Wildman–Crippen MR) is 186 cm³/mol. The zero-order valence-corrected chi connectivity index (χ0v) is 29.2. The van der Waals surface area contributed by atoms with Crippen molar-refractivity contribution < 1.29 is 14.7 Å². The van der Waals surface area contributed by atoms with Gasteiger partial charge < -0.3 is 15.3 Å². The predicted octanol–water partition coefficient (Wildman–Crippen LogP) is 7.01. The molecule has 2 N–H and O–H groups in total. The monoisotopic (exact) mass is 644 g/mol. The Kier molecular flexibility index (Phi) is 9.82. The fourth-order valence-electron chi connectivity index (χ4n) is 7.79. The molecule has 0 bridgehead atoms. The van der Waals surface area contributed by atoms with E-state index in [0.29, 0.717) is 29.7 Å². The number of nitrogens with one attached hydrogen (secondary N) is 1. The summed E-state index contributed by atoms with van der Waals surface area (Å²) in [4.78, 5) is 40.5. The van der Waals surface area contributed by atoms with Crippen molar-refractivity contribution >= 4 is 33.3 Å². The molecule has 0 radical (unpaired) electrons. The number of aliphatic hydroxyl groups is 1. The number of aliphatic hydroxyl groups excluding tert-OH is 1. The lowest BCUT2D eigenvalue weighted by atomic mass is 9.71. The molecule has 2 aromatic heterocycles. The summed E-state index contributed by atoms with van der Waals surface area (Å²) in [5.74, 6) is 1.12. The quantitative estimate of drug-likeness (QED) is 0.229. The summed E-state index contributed by atoms with van der Waals surface area (Å²) in [6.45, 7) is 14.9. The largest absolute Gasteiger partial charge is 0.393 e. The maximum atomic E-state index is 13.9. The van der Waals surface area contributed by atoms with Crippen LogP contribution < -0.4 is 5.32 Å². The van der Waals surface area contributed by atoms with E-state index in [9.17, 15) is 14.7 Å². The van der Waals surface area contributed by atoms with Crippen LogP contribution >= 0.6 is 11.3 Å². The number of pyridine rings is 1. The van der Waals surface area contributed by atoms with E-state index in [0.717, 1.165) is 92.6 Å². The van der Waals surface area contributed by atoms with Crippen molar-refractivity contribution in [2.24, 2.45) is 17.3 Å². The van der Waals surface area contributed by atoms with Gasteiger partial charge >= 0.3 is 0 Å². The van der Waals surface area contributed by atoms with Gasteiger partial charge in [-0.15, -0.1) is 0 Å². The first kappa shape index (κ1) is 33.4. The van der Waals surface area contributed by atoms with Gasteiger partial charge in [-0.3, -0.25) is 9.59 Å². The van der Waals surface area contributed by atoms with Gasteiger partial charge in [-0.05, 0) is 118 Å². The van der Waals surface area contributed by atoms with Crippen molar-refractivity contribution in [1.82, 2.24) is 20.2 Å². The molecule has 1 unspecified atom stereocenters. The van der Waals surface area contributed by atoms with E-state index in [1.807, 2.05) is 18.2 Å². The number of Topliss-reactive ketones (excluding diaryl/α,β-unsaturated/α-hetero) is 2. The summed E-state index contributed by atoms with van der Waals surface area (Å²) < 4.78 is 0. The van der Waals surface area contributed by atoms with Crippen molar-refractivity contribution in [3.63, 3.8) is 0 Å².